The van der Waals surface area contributed by atoms with Gasteiger partial charge < -0.3 is 14.2 Å². The summed E-state index contributed by atoms with van der Waals surface area (Å²) >= 11 is 0. The van der Waals surface area contributed by atoms with E-state index in [1.165, 1.54) is 0 Å². The highest BCUT2D eigenvalue weighted by Gasteiger charge is 2.43. The van der Waals surface area contributed by atoms with Crippen molar-refractivity contribution in [2.75, 3.05) is 19.7 Å². The molecule has 6 heteroatoms. The van der Waals surface area contributed by atoms with Crippen molar-refractivity contribution in [2.45, 2.75) is 52.9 Å². The molecule has 0 spiro atoms. The highest BCUT2D eigenvalue weighted by Crippen LogP contribution is 2.36. The van der Waals surface area contributed by atoms with Gasteiger partial charge in [0.1, 0.15) is 5.76 Å². The number of hydrogen-bond acceptors (Lipinski definition) is 5. The minimum atomic E-state index is -0.696. The van der Waals surface area contributed by atoms with Crippen molar-refractivity contribution in [3.8, 4) is 0 Å². The summed E-state index contributed by atoms with van der Waals surface area (Å²) in [5.74, 6) is 0.604. The van der Waals surface area contributed by atoms with Crippen LogP contribution in [0.5, 0.6) is 0 Å². The summed E-state index contributed by atoms with van der Waals surface area (Å²) in [4.78, 5) is 27.8. The van der Waals surface area contributed by atoms with Crippen molar-refractivity contribution in [1.29, 1.82) is 0 Å². The number of piperidine rings is 1. The van der Waals surface area contributed by atoms with Crippen LogP contribution in [0.3, 0.4) is 0 Å². The summed E-state index contributed by atoms with van der Waals surface area (Å²) in [7, 11) is 0. The third-order valence-electron chi connectivity index (χ3n) is 6.03. The van der Waals surface area contributed by atoms with Crippen LogP contribution in [0.25, 0.3) is 6.08 Å². The Balaban J connectivity index is 1.69. The lowest BCUT2D eigenvalue weighted by molar-refractivity contribution is -0.160. The van der Waals surface area contributed by atoms with Gasteiger partial charge in [-0.05, 0) is 52.0 Å². The van der Waals surface area contributed by atoms with Gasteiger partial charge in [0.25, 0.3) is 0 Å². The molecule has 0 aliphatic carbocycles. The number of benzene rings is 1. The van der Waals surface area contributed by atoms with Gasteiger partial charge in [0.2, 0.25) is 5.91 Å². The molecule has 1 aliphatic heterocycles. The number of ether oxygens (including phenoxy) is 1. The zero-order valence-corrected chi connectivity index (χ0v) is 18.7. The number of nitrogens with zero attached hydrogens (tertiary/aromatic N) is 2. The lowest BCUT2D eigenvalue weighted by Crippen LogP contribution is -2.50. The number of aromatic nitrogens is 1. The molecule has 1 unspecified atom stereocenters. The molecule has 1 aromatic carbocycles. The molecule has 166 valence electrons. The van der Waals surface area contributed by atoms with Crippen LogP contribution in [-0.2, 0) is 20.7 Å². The van der Waals surface area contributed by atoms with E-state index in [-0.39, 0.29) is 11.9 Å². The molecule has 2 aromatic rings. The van der Waals surface area contributed by atoms with Crippen molar-refractivity contribution >= 4 is 18.0 Å². The van der Waals surface area contributed by atoms with Gasteiger partial charge >= 0.3 is 5.97 Å². The van der Waals surface area contributed by atoms with Gasteiger partial charge in [-0.25, -0.2) is 0 Å². The summed E-state index contributed by atoms with van der Waals surface area (Å²) in [5.41, 5.74) is 2.21. The van der Waals surface area contributed by atoms with Gasteiger partial charge in [-0.15, -0.1) is 0 Å². The van der Waals surface area contributed by atoms with Crippen LogP contribution in [0.1, 0.15) is 55.2 Å². The summed E-state index contributed by atoms with van der Waals surface area (Å²) in [6.07, 6.45) is 7.09. The van der Waals surface area contributed by atoms with E-state index >= 15 is 0 Å². The predicted octanol–water partition coefficient (Wildman–Crippen LogP) is 4.50. The average molecular weight is 425 g/mol. The van der Waals surface area contributed by atoms with E-state index in [0.717, 1.165) is 35.4 Å². The number of amides is 1. The number of esters is 1. The number of carbonyl (C=O) groups is 2. The normalized spacial score (nSPS) is 19.0. The fraction of sp³-hybridized carbons (Fsp3) is 0.480. The minimum Gasteiger partial charge on any atom is -0.466 e. The van der Waals surface area contributed by atoms with Crippen LogP contribution in [0, 0.1) is 19.3 Å². The second kappa shape index (κ2) is 10.4. The van der Waals surface area contributed by atoms with E-state index in [1.807, 2.05) is 68.2 Å². The lowest BCUT2D eigenvalue weighted by atomic mass is 9.76. The molecular formula is C25H32N2O4. The topological polar surface area (TPSA) is 72.6 Å². The molecule has 0 N–H and O–H groups in total. The van der Waals surface area contributed by atoms with E-state index in [0.29, 0.717) is 39.0 Å². The number of allylic oxidation sites excluding steroid dienone is 1. The van der Waals surface area contributed by atoms with E-state index in [9.17, 15) is 9.59 Å². The summed E-state index contributed by atoms with van der Waals surface area (Å²) in [5, 5.41) is 3.96. The Morgan fingerprint density at radius 3 is 2.71 bits per heavy atom. The first-order chi connectivity index (χ1) is 14.9. The van der Waals surface area contributed by atoms with E-state index in [2.05, 4.69) is 5.16 Å². The number of rotatable bonds is 8. The van der Waals surface area contributed by atoms with Gasteiger partial charge in [-0.2, -0.15) is 0 Å². The molecule has 6 nitrogen and oxygen atoms in total. The molecular weight excluding hydrogens is 392 g/mol. The van der Waals surface area contributed by atoms with E-state index in [4.69, 9.17) is 9.26 Å². The fourth-order valence-corrected chi connectivity index (χ4v) is 4.28. The average Bonchev–Trinajstić information content (AvgIpc) is 3.10. The lowest BCUT2D eigenvalue weighted by Gasteiger charge is -2.40. The monoisotopic (exact) mass is 424 g/mol. The van der Waals surface area contributed by atoms with Gasteiger partial charge in [0.15, 0.2) is 0 Å². The summed E-state index contributed by atoms with van der Waals surface area (Å²) in [6.45, 7) is 6.98. The maximum absolute atomic E-state index is 13.0. The van der Waals surface area contributed by atoms with Crippen molar-refractivity contribution in [1.82, 2.24) is 10.1 Å². The van der Waals surface area contributed by atoms with Gasteiger partial charge in [0, 0.05) is 25.1 Å². The second-order valence-electron chi connectivity index (χ2n) is 8.24. The van der Waals surface area contributed by atoms with E-state index < -0.39 is 5.41 Å². The Bertz CT molecular complexity index is 899. The maximum atomic E-state index is 13.0. The quantitative estimate of drug-likeness (QED) is 0.584. The molecule has 1 saturated heterocycles. The van der Waals surface area contributed by atoms with Crippen LogP contribution < -0.4 is 0 Å². The first-order valence-corrected chi connectivity index (χ1v) is 11.0. The van der Waals surface area contributed by atoms with Crippen molar-refractivity contribution < 1.29 is 18.8 Å². The molecule has 2 heterocycles. The van der Waals surface area contributed by atoms with Crippen LogP contribution in [0.2, 0.25) is 0 Å². The molecule has 1 aromatic heterocycles. The molecule has 1 aliphatic rings. The predicted molar refractivity (Wildman–Crippen MR) is 119 cm³/mol. The molecule has 1 amide bonds. The highest BCUT2D eigenvalue weighted by molar-refractivity contribution is 5.81. The van der Waals surface area contributed by atoms with Crippen LogP contribution >= 0.6 is 0 Å². The van der Waals surface area contributed by atoms with Gasteiger partial charge in [-0.3, -0.25) is 9.59 Å². The van der Waals surface area contributed by atoms with Gasteiger partial charge in [0.05, 0.1) is 17.7 Å². The number of hydrogen-bond donors (Lipinski definition) is 0. The smallest absolute Gasteiger partial charge is 0.314 e. The van der Waals surface area contributed by atoms with Crippen molar-refractivity contribution in [2.24, 2.45) is 5.41 Å². The molecule has 0 bridgehead atoms. The Labute approximate surface area is 184 Å². The Kier molecular flexibility index (Phi) is 7.66. The standard InChI is InChI=1S/C25H32N2O4/c1-4-30-24(29)25(15-8-12-21-10-6-5-7-11-21)16-9-17-27(18-25)23(28)14-13-22-19(2)26-31-20(22)3/h5-8,10-12H,4,9,13-18H2,1-3H3. The largest absolute Gasteiger partial charge is 0.466 e. The molecule has 31 heavy (non-hydrogen) atoms. The van der Waals surface area contributed by atoms with Crippen LogP contribution in [-0.4, -0.2) is 41.6 Å². The first kappa shape index (κ1) is 22.8. The molecule has 0 radical (unpaired) electrons. The van der Waals surface area contributed by atoms with Crippen LogP contribution in [0.15, 0.2) is 40.9 Å². The molecule has 1 fully saturated rings. The second-order valence-corrected chi connectivity index (χ2v) is 8.24. The molecule has 0 saturated carbocycles. The molecule has 3 rings (SSSR count). The Morgan fingerprint density at radius 1 is 1.26 bits per heavy atom. The Hall–Kier alpha value is -2.89. The van der Waals surface area contributed by atoms with Crippen LogP contribution in [0.4, 0.5) is 0 Å². The highest BCUT2D eigenvalue weighted by atomic mass is 16.5. The number of likely N-dealkylation sites (tertiary alicyclic amines) is 1. The third kappa shape index (κ3) is 5.63. The SMILES string of the molecule is CCOC(=O)C1(CC=Cc2ccccc2)CCCN(C(=O)CCc2c(C)noc2C)C1. The van der Waals surface area contributed by atoms with Crippen molar-refractivity contribution in [3.63, 3.8) is 0 Å². The Morgan fingerprint density at radius 2 is 2.03 bits per heavy atom. The summed E-state index contributed by atoms with van der Waals surface area (Å²) < 4.78 is 10.6. The minimum absolute atomic E-state index is 0.0559. The van der Waals surface area contributed by atoms with E-state index in [1.54, 1.807) is 0 Å². The third-order valence-corrected chi connectivity index (χ3v) is 6.03. The number of aryl methyl sites for hydroxylation is 2. The fourth-order valence-electron chi connectivity index (χ4n) is 4.28. The first-order valence-electron chi connectivity index (χ1n) is 11.0. The molecule has 1 atom stereocenters. The zero-order valence-electron chi connectivity index (χ0n) is 18.7. The maximum Gasteiger partial charge on any atom is 0.314 e. The van der Waals surface area contributed by atoms with Crippen molar-refractivity contribution in [3.05, 3.63) is 59.0 Å². The zero-order chi connectivity index (χ0) is 22.3. The summed E-state index contributed by atoms with van der Waals surface area (Å²) in [6, 6.07) is 10.0. The number of carbonyl (C=O) groups excluding carboxylic acids is 2. The van der Waals surface area contributed by atoms with Gasteiger partial charge in [-0.1, -0.05) is 47.6 Å².